The van der Waals surface area contributed by atoms with Crippen molar-refractivity contribution in [2.24, 2.45) is 0 Å². The van der Waals surface area contributed by atoms with Crippen LogP contribution >= 0.6 is 22.7 Å². The van der Waals surface area contributed by atoms with E-state index in [1.54, 1.807) is 76.6 Å². The average molecular weight is 1110 g/mol. The van der Waals surface area contributed by atoms with Crippen LogP contribution in [0.25, 0.3) is 0 Å². The minimum atomic E-state index is -2.44. The van der Waals surface area contributed by atoms with Crippen LogP contribution in [-0.4, -0.2) is 98.6 Å². The molecular weight excluding hydrogens is 1050 g/mol. The zero-order valence-corrected chi connectivity index (χ0v) is 45.7. The Morgan fingerprint density at radius 3 is 1.13 bits per heavy atom. The number of carbonyl (C=O) groups is 8. The van der Waals surface area contributed by atoms with Gasteiger partial charge in [0.1, 0.15) is 21.0 Å². The molecule has 0 bridgehead atoms. The fourth-order valence-electron chi connectivity index (χ4n) is 8.97. The number of amides is 4. The van der Waals surface area contributed by atoms with E-state index in [0.717, 1.165) is 36.9 Å². The Balaban J connectivity index is 1.44. The summed E-state index contributed by atoms with van der Waals surface area (Å²) in [6.45, 7) is 10.2. The highest BCUT2D eigenvalue weighted by atomic mass is 32.1. The minimum Gasteiger partial charge on any atom is -0.493 e. The number of anilines is 2. The van der Waals surface area contributed by atoms with Crippen molar-refractivity contribution in [1.29, 1.82) is 0 Å². The smallest absolute Gasteiger partial charge is 0.412 e. The summed E-state index contributed by atoms with van der Waals surface area (Å²) in [4.78, 5) is 113. The Hall–Kier alpha value is -8.76. The lowest BCUT2D eigenvalue weighted by Gasteiger charge is -2.64. The molecule has 1 aliphatic rings. The van der Waals surface area contributed by atoms with Gasteiger partial charge in [0.15, 0.2) is 34.1 Å². The first kappa shape index (κ1) is 57.0. The molecule has 22 heteroatoms. The molecule has 1 fully saturated rings. The molecule has 408 valence electrons. The standard InChI is InChI=1S/C56H56N4O16S2/c1-53(2,3)75-51(67)57-35-21-15-31(16-22-35)45(61)59-55(49(65)71-9)43(33-19-25-37(39(29-33)69-7)73-47(63)41-13-11-27-77-41)56(50(66)72-10,60-46(62)32-17-23-36(24-18-32)58-52(68)76-54(4,5)6)44(55)34-20-26-38(40(30-34)70-8)74-48(64)42-14-12-28-78-42/h11-30,43-44H,1-10H3,(H,57,67)(H,58,68)(H,59,61)(H,60,62). The predicted octanol–water partition coefficient (Wildman–Crippen LogP) is 9.52. The van der Waals surface area contributed by atoms with Gasteiger partial charge in [-0.1, -0.05) is 24.3 Å². The topological polar surface area (TPSA) is 259 Å². The third kappa shape index (κ3) is 12.2. The first-order valence-corrected chi connectivity index (χ1v) is 25.6. The van der Waals surface area contributed by atoms with Crippen molar-refractivity contribution in [3.05, 3.63) is 152 Å². The van der Waals surface area contributed by atoms with Gasteiger partial charge in [0.25, 0.3) is 11.8 Å². The number of thiophene rings is 2. The molecule has 7 rings (SSSR count). The second-order valence-electron chi connectivity index (χ2n) is 19.5. The molecule has 0 atom stereocenters. The third-order valence-electron chi connectivity index (χ3n) is 12.0. The summed E-state index contributed by atoms with van der Waals surface area (Å²) < 4.78 is 45.0. The van der Waals surface area contributed by atoms with Crippen LogP contribution in [0.15, 0.2) is 120 Å². The molecule has 1 aliphatic carbocycles. The Labute approximate surface area is 456 Å². The number of esters is 4. The predicted molar refractivity (Wildman–Crippen MR) is 287 cm³/mol. The fraction of sp³-hybridized carbons (Fsp3) is 0.286. The number of benzene rings is 4. The second-order valence-corrected chi connectivity index (χ2v) is 21.4. The van der Waals surface area contributed by atoms with Gasteiger partial charge in [-0.2, -0.15) is 0 Å². The normalized spacial score (nSPS) is 17.6. The number of methoxy groups -OCH3 is 4. The summed E-state index contributed by atoms with van der Waals surface area (Å²) in [5.74, 6) is -9.23. The van der Waals surface area contributed by atoms with Gasteiger partial charge in [-0.15, -0.1) is 22.7 Å². The van der Waals surface area contributed by atoms with Gasteiger partial charge >= 0.3 is 36.1 Å². The van der Waals surface area contributed by atoms with Crippen molar-refractivity contribution in [2.45, 2.75) is 75.7 Å². The quantitative estimate of drug-likeness (QED) is 0.0399. The highest BCUT2D eigenvalue weighted by Gasteiger charge is 2.81. The monoisotopic (exact) mass is 1100 g/mol. The molecule has 78 heavy (non-hydrogen) atoms. The Kier molecular flexibility index (Phi) is 17.0. The molecule has 4 amide bonds. The van der Waals surface area contributed by atoms with Gasteiger partial charge in [0, 0.05) is 22.5 Å². The number of hydrogen-bond donors (Lipinski definition) is 4. The summed E-state index contributed by atoms with van der Waals surface area (Å²) in [6.07, 6.45) is -1.52. The molecule has 0 radical (unpaired) electrons. The molecule has 4 aromatic carbocycles. The molecule has 0 aliphatic heterocycles. The maximum Gasteiger partial charge on any atom is 0.412 e. The van der Waals surface area contributed by atoms with Crippen molar-refractivity contribution in [3.8, 4) is 23.0 Å². The largest absolute Gasteiger partial charge is 0.493 e. The SMILES string of the molecule is COC(=O)C1(NC(=O)c2ccc(NC(=O)OC(C)(C)C)cc2)C(c2ccc(OC(=O)c3cccs3)c(OC)c2)C(NC(=O)c2ccc(NC(=O)OC(C)(C)C)cc2)(C(=O)OC)C1c1ccc(OC(=O)c2cccs2)c(OC)c1. The summed E-state index contributed by atoms with van der Waals surface area (Å²) in [5, 5.41) is 14.4. The molecule has 2 aromatic heterocycles. The molecule has 0 saturated heterocycles. The van der Waals surface area contributed by atoms with Gasteiger partial charge in [-0.05, 0) is 148 Å². The highest BCUT2D eigenvalue weighted by molar-refractivity contribution is 7.12. The lowest BCUT2D eigenvalue weighted by Crippen LogP contribution is -2.86. The van der Waals surface area contributed by atoms with Gasteiger partial charge in [0.2, 0.25) is 0 Å². The van der Waals surface area contributed by atoms with Gasteiger partial charge < -0.3 is 48.5 Å². The van der Waals surface area contributed by atoms with Crippen LogP contribution in [0, 0.1) is 0 Å². The van der Waals surface area contributed by atoms with Crippen LogP contribution in [0.3, 0.4) is 0 Å². The van der Waals surface area contributed by atoms with Crippen LogP contribution < -0.4 is 40.2 Å². The first-order chi connectivity index (χ1) is 37.0. The molecule has 6 aromatic rings. The van der Waals surface area contributed by atoms with Gasteiger partial charge in [-0.3, -0.25) is 20.2 Å². The maximum atomic E-state index is 15.3. The van der Waals surface area contributed by atoms with Crippen molar-refractivity contribution >= 4 is 81.9 Å². The number of hydrogen-bond acceptors (Lipinski definition) is 18. The van der Waals surface area contributed by atoms with E-state index in [1.165, 1.54) is 99.1 Å². The van der Waals surface area contributed by atoms with Gasteiger partial charge in [0.05, 0.1) is 40.3 Å². The molecule has 20 nitrogen and oxygen atoms in total. The summed E-state index contributed by atoms with van der Waals surface area (Å²) >= 11 is 2.27. The third-order valence-corrected chi connectivity index (χ3v) is 13.7. The van der Waals surface area contributed by atoms with Crippen LogP contribution in [0.2, 0.25) is 0 Å². The van der Waals surface area contributed by atoms with E-state index in [0.29, 0.717) is 0 Å². The van der Waals surface area contributed by atoms with Crippen LogP contribution in [-0.2, 0) is 28.5 Å². The molecular formula is C56H56N4O16S2. The summed E-state index contributed by atoms with van der Waals surface area (Å²) in [5.41, 5.74) is -6.03. The molecule has 2 heterocycles. The number of rotatable bonds is 16. The number of carbonyl (C=O) groups excluding carboxylic acids is 8. The summed E-state index contributed by atoms with van der Waals surface area (Å²) in [6, 6.07) is 25.9. The lowest BCUT2D eigenvalue weighted by molar-refractivity contribution is -0.175. The Morgan fingerprint density at radius 1 is 0.474 bits per heavy atom. The molecule has 1 saturated carbocycles. The van der Waals surface area contributed by atoms with Gasteiger partial charge in [-0.25, -0.2) is 28.8 Å². The van der Waals surface area contributed by atoms with E-state index in [2.05, 4.69) is 21.3 Å². The zero-order chi connectivity index (χ0) is 56.7. The number of nitrogens with one attached hydrogen (secondary N) is 4. The van der Waals surface area contributed by atoms with E-state index in [1.807, 2.05) is 0 Å². The van der Waals surface area contributed by atoms with Crippen LogP contribution in [0.1, 0.15) is 105 Å². The fourth-order valence-corrected chi connectivity index (χ4v) is 10.2. The Bertz CT molecular complexity index is 3000. The second kappa shape index (κ2) is 23.2. The van der Waals surface area contributed by atoms with Crippen LogP contribution in [0.4, 0.5) is 21.0 Å². The van der Waals surface area contributed by atoms with E-state index in [-0.39, 0.29) is 66.4 Å². The lowest BCUT2D eigenvalue weighted by atomic mass is 9.43. The summed E-state index contributed by atoms with van der Waals surface area (Å²) in [7, 11) is 4.70. The van der Waals surface area contributed by atoms with Crippen molar-refractivity contribution in [1.82, 2.24) is 10.6 Å². The highest BCUT2D eigenvalue weighted by Crippen LogP contribution is 2.64. The van der Waals surface area contributed by atoms with E-state index in [4.69, 9.17) is 37.9 Å². The van der Waals surface area contributed by atoms with Crippen molar-refractivity contribution in [3.63, 3.8) is 0 Å². The maximum absolute atomic E-state index is 15.3. The zero-order valence-electron chi connectivity index (χ0n) is 44.1. The number of ether oxygens (including phenoxy) is 8. The van der Waals surface area contributed by atoms with Crippen molar-refractivity contribution < 1.29 is 76.3 Å². The Morgan fingerprint density at radius 2 is 0.833 bits per heavy atom. The molecule has 0 unspecified atom stereocenters. The molecule has 0 spiro atoms. The van der Waals surface area contributed by atoms with Crippen molar-refractivity contribution in [2.75, 3.05) is 39.1 Å². The van der Waals surface area contributed by atoms with Crippen LogP contribution in [0.5, 0.6) is 23.0 Å². The average Bonchev–Trinajstić information content (AvgIpc) is 1.46. The molecule has 4 N–H and O–H groups in total. The van der Waals surface area contributed by atoms with E-state index in [9.17, 15) is 19.2 Å². The van der Waals surface area contributed by atoms with E-state index >= 15 is 19.2 Å². The first-order valence-electron chi connectivity index (χ1n) is 23.9. The minimum absolute atomic E-state index is 0.0395. The van der Waals surface area contributed by atoms with E-state index < -0.39 is 82.0 Å².